The van der Waals surface area contributed by atoms with Gasteiger partial charge in [-0.2, -0.15) is 4.31 Å². The van der Waals surface area contributed by atoms with Gasteiger partial charge >= 0.3 is 6.09 Å². The van der Waals surface area contributed by atoms with E-state index in [0.29, 0.717) is 25.9 Å². The van der Waals surface area contributed by atoms with Gasteiger partial charge in [0.05, 0.1) is 12.6 Å². The van der Waals surface area contributed by atoms with Crippen molar-refractivity contribution in [3.63, 3.8) is 0 Å². The van der Waals surface area contributed by atoms with E-state index in [0.717, 1.165) is 5.56 Å². The van der Waals surface area contributed by atoms with Crippen molar-refractivity contribution in [2.45, 2.75) is 49.9 Å². The number of carbonyl (C=O) groups is 3. The van der Waals surface area contributed by atoms with Gasteiger partial charge in [-0.3, -0.25) is 9.59 Å². The highest BCUT2D eigenvalue weighted by Crippen LogP contribution is 2.34. The second kappa shape index (κ2) is 11.2. The van der Waals surface area contributed by atoms with Gasteiger partial charge in [0, 0.05) is 25.7 Å². The average molecular weight is 515 g/mol. The number of ether oxygens (including phenoxy) is 1. The van der Waals surface area contributed by atoms with Gasteiger partial charge in [-0.1, -0.05) is 43.3 Å². The number of nitrogens with one attached hydrogen (secondary N) is 1. The molecule has 0 radical (unpaired) electrons. The minimum Gasteiger partial charge on any atom is -0.445 e. The largest absolute Gasteiger partial charge is 0.445 e. The van der Waals surface area contributed by atoms with E-state index in [4.69, 9.17) is 4.74 Å². The Balaban J connectivity index is 1.25. The van der Waals surface area contributed by atoms with Gasteiger partial charge in [0.15, 0.2) is 10.8 Å². The quantitative estimate of drug-likeness (QED) is 0.542. The molecule has 0 spiro atoms. The van der Waals surface area contributed by atoms with Gasteiger partial charge in [0.1, 0.15) is 12.6 Å². The predicted octanol–water partition coefficient (Wildman–Crippen LogP) is 1.97. The summed E-state index contributed by atoms with van der Waals surface area (Å²) in [6.07, 6.45) is 2.03. The van der Waals surface area contributed by atoms with Crippen molar-refractivity contribution < 1.29 is 27.5 Å². The Morgan fingerprint density at radius 3 is 2.64 bits per heavy atom. The molecule has 2 aliphatic rings. The molecule has 1 aromatic carbocycles. The molecule has 3 atom stereocenters. The third kappa shape index (κ3) is 5.73. The van der Waals surface area contributed by atoms with Crippen LogP contribution in [0.2, 0.25) is 0 Å². The van der Waals surface area contributed by atoms with E-state index in [9.17, 15) is 22.8 Å². The molecule has 2 saturated heterocycles. The maximum absolute atomic E-state index is 13.0. The van der Waals surface area contributed by atoms with Crippen LogP contribution in [-0.4, -0.2) is 72.1 Å². The van der Waals surface area contributed by atoms with Crippen LogP contribution < -0.4 is 5.32 Å². The monoisotopic (exact) mass is 514 g/mol. The Morgan fingerprint density at radius 2 is 1.92 bits per heavy atom. The summed E-state index contributed by atoms with van der Waals surface area (Å²) in [6.45, 7) is 2.49. The Hall–Kier alpha value is -3.31. The molecule has 4 rings (SSSR count). The summed E-state index contributed by atoms with van der Waals surface area (Å²) in [5.41, 5.74) is 0.892. The Labute approximate surface area is 210 Å². The minimum absolute atomic E-state index is 0.0455. The van der Waals surface area contributed by atoms with E-state index in [2.05, 4.69) is 10.3 Å². The zero-order valence-electron chi connectivity index (χ0n) is 20.1. The highest BCUT2D eigenvalue weighted by Gasteiger charge is 2.53. The first-order valence-electron chi connectivity index (χ1n) is 12.0. The van der Waals surface area contributed by atoms with Crippen molar-refractivity contribution >= 4 is 27.8 Å². The maximum Gasteiger partial charge on any atom is 0.407 e. The molecule has 3 heterocycles. The number of sulfonamides is 1. The SMILES string of the molecule is CC(CCNC(=O)OCc1ccccc1)CC(=O)N1CCC2C1C(=O)CN2S(=O)(=O)c1ccccn1. The van der Waals surface area contributed by atoms with Crippen molar-refractivity contribution in [1.29, 1.82) is 0 Å². The van der Waals surface area contributed by atoms with Crippen molar-refractivity contribution in [3.8, 4) is 0 Å². The molecule has 36 heavy (non-hydrogen) atoms. The van der Waals surface area contributed by atoms with Gasteiger partial charge < -0.3 is 15.0 Å². The van der Waals surface area contributed by atoms with Crippen molar-refractivity contribution in [3.05, 3.63) is 60.3 Å². The van der Waals surface area contributed by atoms with Crippen LogP contribution in [-0.2, 0) is 31.0 Å². The molecule has 0 saturated carbocycles. The third-order valence-corrected chi connectivity index (χ3v) is 8.34. The lowest BCUT2D eigenvalue weighted by Crippen LogP contribution is -2.44. The van der Waals surface area contributed by atoms with Gasteiger partial charge in [-0.05, 0) is 36.5 Å². The summed E-state index contributed by atoms with van der Waals surface area (Å²) < 4.78 is 32.4. The lowest BCUT2D eigenvalue weighted by atomic mass is 10.0. The molecule has 0 aliphatic carbocycles. The number of hydrogen-bond donors (Lipinski definition) is 1. The van der Waals surface area contributed by atoms with E-state index < -0.39 is 28.2 Å². The molecule has 1 N–H and O–H groups in total. The predicted molar refractivity (Wildman–Crippen MR) is 130 cm³/mol. The molecule has 1 aromatic heterocycles. The molecule has 0 bridgehead atoms. The summed E-state index contributed by atoms with van der Waals surface area (Å²) >= 11 is 0. The molecule has 3 unspecified atom stereocenters. The fourth-order valence-corrected chi connectivity index (χ4v) is 6.26. The van der Waals surface area contributed by atoms with Gasteiger partial charge in [0.25, 0.3) is 10.0 Å². The number of aromatic nitrogens is 1. The minimum atomic E-state index is -3.93. The van der Waals surface area contributed by atoms with Crippen LogP contribution >= 0.6 is 0 Å². The maximum atomic E-state index is 13.0. The highest BCUT2D eigenvalue weighted by atomic mass is 32.2. The summed E-state index contributed by atoms with van der Waals surface area (Å²) in [7, 11) is -3.93. The Kier molecular flexibility index (Phi) is 8.00. The summed E-state index contributed by atoms with van der Waals surface area (Å²) in [6, 6.07) is 12.6. The molecule has 2 amide bonds. The number of nitrogens with zero attached hydrogens (tertiary/aromatic N) is 3. The molecular formula is C25H30N4O6S. The fraction of sp³-hybridized carbons (Fsp3) is 0.440. The number of benzene rings is 1. The van der Waals surface area contributed by atoms with E-state index >= 15 is 0 Å². The number of pyridine rings is 1. The lowest BCUT2D eigenvalue weighted by molar-refractivity contribution is -0.137. The van der Waals surface area contributed by atoms with E-state index in [1.807, 2.05) is 37.3 Å². The topological polar surface area (TPSA) is 126 Å². The second-order valence-corrected chi connectivity index (χ2v) is 11.0. The first kappa shape index (κ1) is 25.8. The molecule has 2 fully saturated rings. The van der Waals surface area contributed by atoms with Crippen molar-refractivity contribution in [1.82, 2.24) is 19.5 Å². The van der Waals surface area contributed by atoms with Crippen LogP contribution in [0, 0.1) is 5.92 Å². The van der Waals surface area contributed by atoms with E-state index in [1.165, 1.54) is 21.5 Å². The van der Waals surface area contributed by atoms with Crippen LogP contribution in [0.4, 0.5) is 4.79 Å². The average Bonchev–Trinajstić information content (AvgIpc) is 3.45. The standard InChI is InChI=1S/C25H30N4O6S/c1-18(10-13-27-25(32)35-17-19-7-3-2-4-8-19)15-23(31)28-14-11-20-24(28)21(30)16-29(20)36(33,34)22-9-5-6-12-26-22/h2-9,12,18,20,24H,10-11,13-17H2,1H3,(H,27,32). The third-order valence-electron chi connectivity index (χ3n) is 6.55. The number of alkyl carbamates (subject to hydrolysis) is 1. The first-order valence-corrected chi connectivity index (χ1v) is 13.4. The van der Waals surface area contributed by atoms with Gasteiger partial charge in [-0.15, -0.1) is 0 Å². The summed E-state index contributed by atoms with van der Waals surface area (Å²) in [5, 5.41) is 2.58. The summed E-state index contributed by atoms with van der Waals surface area (Å²) in [5.74, 6) is -0.510. The number of ketones is 1. The number of likely N-dealkylation sites (tertiary alicyclic amines) is 1. The number of amides is 2. The molecule has 2 aliphatic heterocycles. The van der Waals surface area contributed by atoms with Crippen LogP contribution in [0.1, 0.15) is 31.7 Å². The number of rotatable bonds is 9. The zero-order chi connectivity index (χ0) is 25.7. The number of fused-ring (bicyclic) bond motifs is 1. The second-order valence-electron chi connectivity index (χ2n) is 9.16. The molecular weight excluding hydrogens is 484 g/mol. The number of hydrogen-bond acceptors (Lipinski definition) is 7. The summed E-state index contributed by atoms with van der Waals surface area (Å²) in [4.78, 5) is 43.1. The lowest BCUT2D eigenvalue weighted by Gasteiger charge is -2.25. The van der Waals surface area contributed by atoms with E-state index in [-0.39, 0.29) is 42.2 Å². The molecule has 11 heteroatoms. The van der Waals surface area contributed by atoms with Crippen LogP contribution in [0.3, 0.4) is 0 Å². The van der Waals surface area contributed by atoms with Crippen LogP contribution in [0.15, 0.2) is 59.8 Å². The Bertz CT molecular complexity index is 1190. The van der Waals surface area contributed by atoms with Crippen LogP contribution in [0.5, 0.6) is 0 Å². The normalized spacial score (nSPS) is 20.7. The highest BCUT2D eigenvalue weighted by molar-refractivity contribution is 7.89. The molecule has 192 valence electrons. The van der Waals surface area contributed by atoms with Gasteiger partial charge in [-0.25, -0.2) is 18.2 Å². The molecule has 2 aromatic rings. The number of carbonyl (C=O) groups excluding carboxylic acids is 3. The zero-order valence-corrected chi connectivity index (χ0v) is 20.9. The fourth-order valence-electron chi connectivity index (χ4n) is 4.71. The number of Topliss-reactive ketones (excluding diaryl/α,β-unsaturated/α-hetero) is 1. The van der Waals surface area contributed by atoms with Crippen molar-refractivity contribution in [2.75, 3.05) is 19.6 Å². The van der Waals surface area contributed by atoms with E-state index in [1.54, 1.807) is 12.1 Å². The smallest absolute Gasteiger partial charge is 0.407 e. The Morgan fingerprint density at radius 1 is 1.17 bits per heavy atom. The molecule has 10 nitrogen and oxygen atoms in total. The van der Waals surface area contributed by atoms with Crippen molar-refractivity contribution in [2.24, 2.45) is 5.92 Å². The van der Waals surface area contributed by atoms with Gasteiger partial charge in [0.2, 0.25) is 5.91 Å². The van der Waals surface area contributed by atoms with Crippen LogP contribution in [0.25, 0.3) is 0 Å². The first-order chi connectivity index (χ1) is 17.3.